The lowest BCUT2D eigenvalue weighted by molar-refractivity contribution is 0.234. The van der Waals surface area contributed by atoms with Crippen molar-refractivity contribution in [2.24, 2.45) is 0 Å². The minimum absolute atomic E-state index is 0.00396. The van der Waals surface area contributed by atoms with Crippen LogP contribution in [0.5, 0.6) is 5.88 Å². The Morgan fingerprint density at radius 2 is 2.10 bits per heavy atom. The molecule has 5 nitrogen and oxygen atoms in total. The van der Waals surface area contributed by atoms with Gasteiger partial charge in [-0.05, 0) is 54.6 Å². The summed E-state index contributed by atoms with van der Waals surface area (Å²) >= 11 is 8.12. The van der Waals surface area contributed by atoms with Crippen molar-refractivity contribution in [3.63, 3.8) is 0 Å². The second kappa shape index (κ2) is 6.45. The van der Waals surface area contributed by atoms with Gasteiger partial charge in [0.15, 0.2) is 5.82 Å². The molecule has 0 saturated carbocycles. The van der Waals surface area contributed by atoms with Crippen LogP contribution in [-0.2, 0) is 0 Å². The summed E-state index contributed by atoms with van der Waals surface area (Å²) in [6.07, 6.45) is 1.41. The van der Waals surface area contributed by atoms with Crippen LogP contribution in [0.4, 0.5) is 17.2 Å². The van der Waals surface area contributed by atoms with E-state index in [1.54, 1.807) is 6.07 Å². The molecule has 106 valence electrons. The molecule has 1 heterocycles. The van der Waals surface area contributed by atoms with E-state index in [0.717, 1.165) is 9.26 Å². The first-order valence-electron chi connectivity index (χ1n) is 5.96. The predicted octanol–water partition coefficient (Wildman–Crippen LogP) is 3.85. The molecule has 2 aromatic rings. The van der Waals surface area contributed by atoms with Crippen molar-refractivity contribution in [2.75, 3.05) is 11.1 Å². The highest BCUT2D eigenvalue weighted by atomic mass is 127. The van der Waals surface area contributed by atoms with E-state index < -0.39 is 0 Å². The van der Waals surface area contributed by atoms with Gasteiger partial charge in [-0.3, -0.25) is 0 Å². The molecular formula is C13H14ClIN4O. The molecule has 0 spiro atoms. The molecule has 0 radical (unpaired) electrons. The molecule has 3 N–H and O–H groups in total. The van der Waals surface area contributed by atoms with E-state index in [4.69, 9.17) is 22.1 Å². The van der Waals surface area contributed by atoms with Crippen LogP contribution < -0.4 is 15.8 Å². The van der Waals surface area contributed by atoms with Crippen LogP contribution in [0.2, 0.25) is 5.02 Å². The summed E-state index contributed by atoms with van der Waals surface area (Å²) in [6, 6.07) is 5.52. The summed E-state index contributed by atoms with van der Waals surface area (Å²) < 4.78 is 6.51. The third-order valence-corrected chi connectivity index (χ3v) is 3.51. The molecule has 0 bridgehead atoms. The number of aromatic nitrogens is 2. The molecule has 0 aliphatic rings. The largest absolute Gasteiger partial charge is 0.473 e. The highest BCUT2D eigenvalue weighted by molar-refractivity contribution is 14.1. The zero-order valence-corrected chi connectivity index (χ0v) is 13.9. The van der Waals surface area contributed by atoms with Gasteiger partial charge in [-0.25, -0.2) is 4.98 Å². The molecule has 0 unspecified atom stereocenters. The first-order chi connectivity index (χ1) is 9.47. The summed E-state index contributed by atoms with van der Waals surface area (Å²) in [5, 5.41) is 3.84. The van der Waals surface area contributed by atoms with E-state index in [1.165, 1.54) is 6.33 Å². The number of nitrogens with one attached hydrogen (secondary N) is 1. The zero-order valence-electron chi connectivity index (χ0n) is 11.0. The Morgan fingerprint density at radius 3 is 2.75 bits per heavy atom. The van der Waals surface area contributed by atoms with E-state index in [9.17, 15) is 0 Å². The number of anilines is 3. The molecule has 0 fully saturated rings. The maximum atomic E-state index is 6.02. The average molecular weight is 405 g/mol. The number of hydrogen-bond acceptors (Lipinski definition) is 5. The Hall–Kier alpha value is -1.28. The van der Waals surface area contributed by atoms with E-state index in [1.807, 2.05) is 26.0 Å². The minimum Gasteiger partial charge on any atom is -0.473 e. The van der Waals surface area contributed by atoms with Crippen molar-refractivity contribution in [2.45, 2.75) is 20.0 Å². The molecule has 2 rings (SSSR count). The second-order valence-corrected chi connectivity index (χ2v) is 5.96. The number of hydrogen-bond donors (Lipinski definition) is 2. The Bertz CT molecular complexity index is 621. The first kappa shape index (κ1) is 15.1. The Kier molecular flexibility index (Phi) is 4.87. The van der Waals surface area contributed by atoms with Crippen molar-refractivity contribution in [1.82, 2.24) is 9.97 Å². The number of nitrogens with two attached hydrogens (primary N) is 1. The normalized spacial score (nSPS) is 10.7. The van der Waals surface area contributed by atoms with Crippen LogP contribution in [0.1, 0.15) is 13.8 Å². The molecule has 0 saturated heterocycles. The van der Waals surface area contributed by atoms with Crippen molar-refractivity contribution in [3.05, 3.63) is 33.1 Å². The zero-order chi connectivity index (χ0) is 14.7. The van der Waals surface area contributed by atoms with Gasteiger partial charge >= 0.3 is 0 Å². The van der Waals surface area contributed by atoms with E-state index in [-0.39, 0.29) is 6.10 Å². The SMILES string of the molecule is CC(C)Oc1ncnc(Nc2ccc(Cl)cc2I)c1N. The van der Waals surface area contributed by atoms with Gasteiger partial charge in [-0.1, -0.05) is 11.6 Å². The monoisotopic (exact) mass is 404 g/mol. The Morgan fingerprint density at radius 1 is 1.35 bits per heavy atom. The quantitative estimate of drug-likeness (QED) is 0.757. The average Bonchev–Trinajstić information content (AvgIpc) is 2.36. The maximum absolute atomic E-state index is 6.02. The number of halogens is 2. The number of benzene rings is 1. The first-order valence-corrected chi connectivity index (χ1v) is 7.42. The smallest absolute Gasteiger partial charge is 0.242 e. The van der Waals surface area contributed by atoms with E-state index >= 15 is 0 Å². The van der Waals surface area contributed by atoms with Crippen molar-refractivity contribution >= 4 is 51.4 Å². The summed E-state index contributed by atoms with van der Waals surface area (Å²) in [5.74, 6) is 0.886. The summed E-state index contributed by atoms with van der Waals surface area (Å²) in [5.41, 5.74) is 7.27. The van der Waals surface area contributed by atoms with Crippen LogP contribution in [0.15, 0.2) is 24.5 Å². The standard InChI is InChI=1S/C13H14ClIN4O/c1-7(2)20-13-11(16)12(17-6-18-13)19-10-4-3-8(14)5-9(10)15/h3-7H,16H2,1-2H3,(H,17,18,19). The van der Waals surface area contributed by atoms with Crippen molar-refractivity contribution < 1.29 is 4.74 Å². The summed E-state index contributed by atoms with van der Waals surface area (Å²) in [7, 11) is 0. The molecular weight excluding hydrogens is 391 g/mol. The third kappa shape index (κ3) is 3.63. The number of ether oxygens (including phenoxy) is 1. The fourth-order valence-electron chi connectivity index (χ4n) is 1.51. The highest BCUT2D eigenvalue weighted by Gasteiger charge is 2.12. The van der Waals surface area contributed by atoms with E-state index in [2.05, 4.69) is 37.9 Å². The van der Waals surface area contributed by atoms with Gasteiger partial charge < -0.3 is 15.8 Å². The molecule has 0 atom stereocenters. The maximum Gasteiger partial charge on any atom is 0.242 e. The minimum atomic E-state index is -0.00396. The summed E-state index contributed by atoms with van der Waals surface area (Å²) in [6.45, 7) is 3.83. The molecule has 0 amide bonds. The van der Waals surface area contributed by atoms with Gasteiger partial charge in [0, 0.05) is 8.59 Å². The van der Waals surface area contributed by atoms with Gasteiger partial charge in [-0.15, -0.1) is 0 Å². The Balaban J connectivity index is 2.29. The third-order valence-electron chi connectivity index (χ3n) is 2.38. The van der Waals surface area contributed by atoms with Crippen molar-refractivity contribution in [3.8, 4) is 5.88 Å². The molecule has 7 heteroatoms. The number of rotatable bonds is 4. The summed E-state index contributed by atoms with van der Waals surface area (Å²) in [4.78, 5) is 8.18. The fourth-order valence-corrected chi connectivity index (χ4v) is 2.52. The molecule has 0 aliphatic heterocycles. The molecule has 1 aromatic heterocycles. The lowest BCUT2D eigenvalue weighted by Crippen LogP contribution is -2.11. The lowest BCUT2D eigenvalue weighted by Gasteiger charge is -2.14. The number of nitrogens with zero attached hydrogens (tertiary/aromatic N) is 2. The predicted molar refractivity (Wildman–Crippen MR) is 89.7 cm³/mol. The van der Waals surface area contributed by atoms with Gasteiger partial charge in [-0.2, -0.15) is 4.98 Å². The Labute approximate surface area is 136 Å². The van der Waals surface area contributed by atoms with Crippen LogP contribution in [-0.4, -0.2) is 16.1 Å². The van der Waals surface area contributed by atoms with Crippen molar-refractivity contribution in [1.29, 1.82) is 0 Å². The van der Waals surface area contributed by atoms with Crippen LogP contribution in [0, 0.1) is 3.57 Å². The van der Waals surface area contributed by atoms with Gasteiger partial charge in [0.1, 0.15) is 12.0 Å². The van der Waals surface area contributed by atoms with Crippen LogP contribution in [0.25, 0.3) is 0 Å². The molecule has 20 heavy (non-hydrogen) atoms. The van der Waals surface area contributed by atoms with E-state index in [0.29, 0.717) is 22.4 Å². The van der Waals surface area contributed by atoms with Gasteiger partial charge in [0.2, 0.25) is 5.88 Å². The van der Waals surface area contributed by atoms with Gasteiger partial charge in [0.25, 0.3) is 0 Å². The number of nitrogen functional groups attached to an aromatic ring is 1. The highest BCUT2D eigenvalue weighted by Crippen LogP contribution is 2.30. The molecule has 0 aliphatic carbocycles. The van der Waals surface area contributed by atoms with Crippen LogP contribution in [0.3, 0.4) is 0 Å². The van der Waals surface area contributed by atoms with Gasteiger partial charge in [0.05, 0.1) is 11.8 Å². The molecule has 1 aromatic carbocycles. The van der Waals surface area contributed by atoms with Crippen LogP contribution >= 0.6 is 34.2 Å². The topological polar surface area (TPSA) is 73.1 Å². The second-order valence-electron chi connectivity index (χ2n) is 4.36. The fraction of sp³-hybridized carbons (Fsp3) is 0.231. The lowest BCUT2D eigenvalue weighted by atomic mass is 10.3.